The zero-order valence-corrected chi connectivity index (χ0v) is 43.1. The monoisotopic (exact) mass is 1010 g/mol. The van der Waals surface area contributed by atoms with Gasteiger partial charge in [-0.15, -0.1) is 0 Å². The lowest BCUT2D eigenvalue weighted by molar-refractivity contribution is -0.345. The van der Waals surface area contributed by atoms with Gasteiger partial charge in [-0.05, 0) is 60.0 Å². The van der Waals surface area contributed by atoms with E-state index in [-0.39, 0.29) is 32.1 Å². The van der Waals surface area contributed by atoms with E-state index in [1.165, 1.54) is 42.1 Å². The van der Waals surface area contributed by atoms with Gasteiger partial charge in [-0.3, -0.25) is 24.0 Å². The van der Waals surface area contributed by atoms with E-state index >= 15 is 0 Å². The Bertz CT molecular complexity index is 1660. The third-order valence-corrected chi connectivity index (χ3v) is 13.0. The van der Waals surface area contributed by atoms with Crippen LogP contribution in [-0.4, -0.2) is 212 Å². The summed E-state index contributed by atoms with van der Waals surface area (Å²) in [4.78, 5) is 66.7. The molecule has 70 heavy (non-hydrogen) atoms. The number of rotatable bonds is 16. The van der Waals surface area contributed by atoms with Crippen LogP contribution in [0.3, 0.4) is 0 Å². The molecule has 3 heterocycles. The van der Waals surface area contributed by atoms with Crippen LogP contribution in [0, 0.1) is 11.8 Å². The van der Waals surface area contributed by atoms with Crippen LogP contribution < -0.4 is 0 Å². The second-order valence-electron chi connectivity index (χ2n) is 19.1. The van der Waals surface area contributed by atoms with Gasteiger partial charge in [0.15, 0.2) is 31.1 Å². The van der Waals surface area contributed by atoms with Crippen LogP contribution in [0.5, 0.6) is 0 Å². The molecule has 4 unspecified atom stereocenters. The molecule has 0 aromatic rings. The summed E-state index contributed by atoms with van der Waals surface area (Å²) in [5, 5.41) is 56.4. The smallest absolute Gasteiger partial charge is 0.309 e. The lowest BCUT2D eigenvalue weighted by Gasteiger charge is -2.51. The Labute approximate surface area is 410 Å². The van der Waals surface area contributed by atoms with Gasteiger partial charge in [0.05, 0.1) is 36.9 Å². The summed E-state index contributed by atoms with van der Waals surface area (Å²) in [6, 6.07) is -0.885. The Kier molecular flexibility index (Phi) is 24.2. The number of methoxy groups -OCH3 is 3. The van der Waals surface area contributed by atoms with Crippen molar-refractivity contribution in [2.75, 3.05) is 35.4 Å². The molecular weight excluding hydrogens is 931 g/mol. The van der Waals surface area contributed by atoms with Crippen molar-refractivity contribution >= 4 is 29.8 Å². The first-order valence-corrected chi connectivity index (χ1v) is 24.0. The van der Waals surface area contributed by atoms with Gasteiger partial charge in [-0.25, -0.2) is 0 Å². The molecule has 0 aromatic carbocycles. The minimum atomic E-state index is -2.08. The van der Waals surface area contributed by atoms with Crippen molar-refractivity contribution in [3.8, 4) is 0 Å². The van der Waals surface area contributed by atoms with Crippen molar-refractivity contribution in [1.82, 2.24) is 4.90 Å². The number of aliphatic hydroxyl groups excluding tert-OH is 4. The molecule has 3 fully saturated rings. The molecule has 3 saturated heterocycles. The van der Waals surface area contributed by atoms with Crippen molar-refractivity contribution < 1.29 is 106 Å². The van der Waals surface area contributed by atoms with E-state index in [0.717, 1.165) is 6.92 Å². The molecule has 20 atom stereocenters. The van der Waals surface area contributed by atoms with Crippen LogP contribution in [0.2, 0.25) is 0 Å². The van der Waals surface area contributed by atoms with Gasteiger partial charge in [0.1, 0.15) is 54.4 Å². The molecule has 3 rings (SSSR count). The predicted molar refractivity (Wildman–Crippen MR) is 242 cm³/mol. The van der Waals surface area contributed by atoms with E-state index in [4.69, 9.17) is 56.8 Å². The van der Waals surface area contributed by atoms with Gasteiger partial charge >= 0.3 is 29.8 Å². The number of cyclic esters (lactones) is 1. The van der Waals surface area contributed by atoms with Crippen LogP contribution in [-0.2, 0) is 80.8 Å². The molecule has 23 heteroatoms. The van der Waals surface area contributed by atoms with E-state index in [9.17, 15) is 49.5 Å². The lowest BCUT2D eigenvalue weighted by atomic mass is 9.80. The quantitative estimate of drug-likeness (QED) is 0.0806. The van der Waals surface area contributed by atoms with Crippen molar-refractivity contribution in [3.05, 3.63) is 0 Å². The number of hydrogen-bond acceptors (Lipinski definition) is 23. The topological polar surface area (TPSA) is 300 Å². The van der Waals surface area contributed by atoms with Gasteiger partial charge in [-0.1, -0.05) is 20.8 Å². The molecule has 0 radical (unpaired) electrons. The van der Waals surface area contributed by atoms with Crippen LogP contribution in [0.15, 0.2) is 0 Å². The maximum Gasteiger partial charge on any atom is 0.309 e. The molecule has 406 valence electrons. The summed E-state index contributed by atoms with van der Waals surface area (Å²) in [6.45, 7) is 13.3. The minimum absolute atomic E-state index is 0.0698. The lowest BCUT2D eigenvalue weighted by Crippen LogP contribution is -2.66. The number of carbonyl (C=O) groups excluding carboxylic acids is 5. The molecule has 0 spiro atoms. The number of likely N-dealkylation sites (N-methyl/N-ethyl adjacent to an activating group) is 1. The Hall–Kier alpha value is -3.17. The Morgan fingerprint density at radius 2 is 1.33 bits per heavy atom. The summed E-state index contributed by atoms with van der Waals surface area (Å²) >= 11 is 0. The zero-order chi connectivity index (χ0) is 52.9. The van der Waals surface area contributed by atoms with Gasteiger partial charge in [-0.2, -0.15) is 0 Å². The summed E-state index contributed by atoms with van der Waals surface area (Å²) in [7, 11) is 7.47. The predicted octanol–water partition coefficient (Wildman–Crippen LogP) is 0.660. The third kappa shape index (κ3) is 16.7. The zero-order valence-electron chi connectivity index (χ0n) is 43.1. The summed E-state index contributed by atoms with van der Waals surface area (Å²) in [5.41, 5.74) is -1.58. The first kappa shape index (κ1) is 61.1. The largest absolute Gasteiger partial charge is 0.462 e. The first-order chi connectivity index (χ1) is 32.7. The SMILES string of the molecule is CCC(=O)O[C@@H]1CC(=O)O[C@H](C)CC(O)C(O)C(O)C(O)[C@H](OC(C)=O)[C@H](C)C[C@H](CC(OC)OC)[C@H](O[C@@H]2O[C@H](C)[C@@H](O[C@H]3C[C@@](C)(O)[C@@H](OC(=O)CC)[C@H](C)O3)[C@H](N(C)C)[C@H]2OC(C)=O)[C@H]1OC. The van der Waals surface area contributed by atoms with Gasteiger partial charge in [0.2, 0.25) is 0 Å². The van der Waals surface area contributed by atoms with Crippen molar-refractivity contribution in [3.63, 3.8) is 0 Å². The second kappa shape index (κ2) is 27.8. The van der Waals surface area contributed by atoms with Crippen LogP contribution >= 0.6 is 0 Å². The molecule has 3 aliphatic rings. The number of esters is 5. The van der Waals surface area contributed by atoms with E-state index in [1.54, 1.807) is 53.6 Å². The fourth-order valence-corrected chi connectivity index (χ4v) is 9.62. The van der Waals surface area contributed by atoms with Crippen molar-refractivity contribution in [2.45, 2.75) is 223 Å². The molecule has 5 N–H and O–H groups in total. The molecule has 0 bridgehead atoms. The van der Waals surface area contributed by atoms with Crippen molar-refractivity contribution in [2.24, 2.45) is 11.8 Å². The molecule has 0 aromatic heterocycles. The van der Waals surface area contributed by atoms with Gasteiger partial charge < -0.3 is 87.3 Å². The molecule has 3 aliphatic heterocycles. The van der Waals surface area contributed by atoms with Crippen LogP contribution in [0.1, 0.15) is 107 Å². The van der Waals surface area contributed by atoms with E-state index in [1.807, 2.05) is 0 Å². The van der Waals surface area contributed by atoms with Gasteiger partial charge in [0.25, 0.3) is 0 Å². The fourth-order valence-electron chi connectivity index (χ4n) is 9.62. The highest BCUT2D eigenvalue weighted by Gasteiger charge is 2.55. The Morgan fingerprint density at radius 1 is 0.743 bits per heavy atom. The average Bonchev–Trinajstić information content (AvgIpc) is 3.27. The Morgan fingerprint density at radius 3 is 1.86 bits per heavy atom. The summed E-state index contributed by atoms with van der Waals surface area (Å²) < 4.78 is 72.6. The Balaban J connectivity index is 2.29. The third-order valence-electron chi connectivity index (χ3n) is 13.0. The second-order valence-corrected chi connectivity index (χ2v) is 19.1. The van der Waals surface area contributed by atoms with E-state index < -0.39 is 170 Å². The van der Waals surface area contributed by atoms with Gasteiger partial charge in [0, 0.05) is 67.3 Å². The van der Waals surface area contributed by atoms with E-state index in [2.05, 4.69) is 0 Å². The summed E-state index contributed by atoms with van der Waals surface area (Å²) in [5.74, 6) is -5.64. The highest BCUT2D eigenvalue weighted by Crippen LogP contribution is 2.40. The normalized spacial score (nSPS) is 39.4. The number of nitrogens with zero attached hydrogens (tertiary/aromatic N) is 1. The molecule has 0 amide bonds. The highest BCUT2D eigenvalue weighted by molar-refractivity contribution is 5.73. The minimum Gasteiger partial charge on any atom is -0.462 e. The molecule has 0 saturated carbocycles. The molecule has 23 nitrogen and oxygen atoms in total. The molecular formula is C47H81NO22. The average molecular weight is 1010 g/mol. The van der Waals surface area contributed by atoms with E-state index in [0.29, 0.717) is 0 Å². The van der Waals surface area contributed by atoms with Crippen LogP contribution in [0.25, 0.3) is 0 Å². The maximum absolute atomic E-state index is 13.8. The highest BCUT2D eigenvalue weighted by atomic mass is 16.7. The number of carbonyl (C=O) groups is 5. The number of ether oxygens (including phenoxy) is 12. The van der Waals surface area contributed by atoms with Crippen molar-refractivity contribution in [1.29, 1.82) is 0 Å². The van der Waals surface area contributed by atoms with Crippen LogP contribution in [0.4, 0.5) is 0 Å². The number of aliphatic hydroxyl groups is 5. The molecule has 0 aliphatic carbocycles. The first-order valence-electron chi connectivity index (χ1n) is 24.0. The standard InChI is InChI=1S/C47H81NO22/c1-15-31(52)67-30-20-33(54)62-23(4)18-29(51)37(55)38(56)39(57)40(65-26(7)49)22(3)17-28(19-34(59-12)60-13)42(43(30)61-14)70-46-44(66-27(8)50)36(48(10)11)41(24(5)64-46)69-35-21-47(9,58)45(25(6)63-35)68-32(53)16-2/h22-25,28-30,34-46,51,55-58H,15-21H2,1-14H3/t22-,23-,24-,25+,28-,29?,30-,35+,36+,37?,38?,39?,40-,41-,42+,43+,44-,45+,46+,47-/m1/s1. The maximum atomic E-state index is 13.8. The summed E-state index contributed by atoms with van der Waals surface area (Å²) in [6.07, 6.45) is -24.6. The fraction of sp³-hybridized carbons (Fsp3) is 0.894. The number of hydrogen-bond donors (Lipinski definition) is 5.